The fourth-order valence-corrected chi connectivity index (χ4v) is 9.65. The first-order chi connectivity index (χ1) is 26.0. The maximum absolute atomic E-state index is 13.6. The van der Waals surface area contributed by atoms with E-state index in [2.05, 4.69) is 44.0 Å². The van der Waals surface area contributed by atoms with Crippen LogP contribution in [0.25, 0.3) is 0 Å². The molecule has 0 aromatic rings. The van der Waals surface area contributed by atoms with Crippen molar-refractivity contribution in [3.63, 3.8) is 0 Å². The van der Waals surface area contributed by atoms with Gasteiger partial charge in [0.2, 0.25) is 11.8 Å². The molecule has 0 spiro atoms. The summed E-state index contributed by atoms with van der Waals surface area (Å²) in [5.74, 6) is -1.83. The minimum absolute atomic E-state index is 0.0122. The van der Waals surface area contributed by atoms with Gasteiger partial charge in [0, 0.05) is 26.7 Å². The van der Waals surface area contributed by atoms with Crippen molar-refractivity contribution in [2.24, 2.45) is 5.73 Å². The number of nitrogens with one attached hydrogen (secondary N) is 1. The molecule has 9 unspecified atom stereocenters. The average molecular weight is 821 g/mol. The Bertz CT molecular complexity index is 1570. The number of likely N-dealkylation sites (tertiary alicyclic amines) is 1. The van der Waals surface area contributed by atoms with Crippen LogP contribution in [0, 0.1) is 0 Å². The number of allylic oxidation sites excluding steroid dienone is 5. The molecule has 2 rings (SSSR count). The fraction of sp³-hybridized carbons (Fsp3) is 0.730. The van der Waals surface area contributed by atoms with Crippen molar-refractivity contribution in [2.45, 2.75) is 149 Å². The number of ketones is 2. The second kappa shape index (κ2) is 22.0. The summed E-state index contributed by atoms with van der Waals surface area (Å²) in [6.07, 6.45) is 2.07. The largest absolute Gasteiger partial charge is 0.394 e. The van der Waals surface area contributed by atoms with E-state index in [0.29, 0.717) is 0 Å². The molecule has 16 nitrogen and oxygen atoms in total. The lowest BCUT2D eigenvalue weighted by Gasteiger charge is -2.46. The van der Waals surface area contributed by atoms with E-state index in [0.717, 1.165) is 51.5 Å². The van der Waals surface area contributed by atoms with Crippen molar-refractivity contribution >= 4 is 38.6 Å². The summed E-state index contributed by atoms with van der Waals surface area (Å²) >= 11 is 0. The van der Waals surface area contributed by atoms with Gasteiger partial charge in [-0.1, -0.05) is 34.9 Å². The molecule has 2 saturated heterocycles. The van der Waals surface area contributed by atoms with E-state index in [9.17, 15) is 38.5 Å². The molecule has 0 bridgehead atoms. The first kappa shape index (κ1) is 47.0. The second-order valence-corrected chi connectivity index (χ2v) is 18.9. The topological polar surface area (TPSA) is 230 Å². The predicted octanol–water partition coefficient (Wildman–Crippen LogP) is 4.32. The zero-order valence-corrected chi connectivity index (χ0v) is 35.6. The Balaban J connectivity index is 2.09. The molecule has 2 heterocycles. The maximum atomic E-state index is 13.6. The smallest absolute Gasteiger partial charge is 0.337 e. The van der Waals surface area contributed by atoms with E-state index in [1.807, 2.05) is 6.92 Å². The van der Waals surface area contributed by atoms with Crippen LogP contribution in [0.5, 0.6) is 0 Å². The lowest BCUT2D eigenvalue weighted by atomic mass is 9.87. The number of nitrogens with zero attached hydrogens (tertiary/aromatic N) is 1. The predicted molar refractivity (Wildman–Crippen MR) is 207 cm³/mol. The average Bonchev–Trinajstić information content (AvgIpc) is 3.10. The lowest BCUT2D eigenvalue weighted by Crippen LogP contribution is -2.68. The summed E-state index contributed by atoms with van der Waals surface area (Å²) in [6, 6.07) is -3.83. The Labute approximate surface area is 327 Å². The summed E-state index contributed by atoms with van der Waals surface area (Å²) < 4.78 is 62.2. The molecule has 5 N–H and O–H groups in total. The molecule has 0 radical (unpaired) electrons. The summed E-state index contributed by atoms with van der Waals surface area (Å²) in [5, 5.41) is 23.6. The third-order valence-corrected chi connectivity index (χ3v) is 12.9. The fourth-order valence-electron chi connectivity index (χ4n) is 6.25. The van der Waals surface area contributed by atoms with Crippen LogP contribution in [0.2, 0.25) is 1.41 Å². The third kappa shape index (κ3) is 15.5. The molecule has 2 fully saturated rings. The van der Waals surface area contributed by atoms with E-state index in [1.165, 1.54) is 29.9 Å². The summed E-state index contributed by atoms with van der Waals surface area (Å²) in [7, 11) is -8.33. The van der Waals surface area contributed by atoms with Gasteiger partial charge in [-0.25, -0.2) is 4.31 Å². The minimum Gasteiger partial charge on any atom is -0.394 e. The van der Waals surface area contributed by atoms with Gasteiger partial charge in [-0.15, -0.1) is 0 Å². The molecule has 0 aromatic heterocycles. The van der Waals surface area contributed by atoms with E-state index >= 15 is 0 Å². The van der Waals surface area contributed by atoms with Gasteiger partial charge in [0.15, 0.2) is 17.9 Å². The number of aliphatic hydroxyl groups is 2. The zero-order chi connectivity index (χ0) is 42.5. The Hall–Kier alpha value is -2.36. The molecule has 2 aliphatic heterocycles. The molecule has 11 atom stereocenters. The highest BCUT2D eigenvalue weighted by atomic mass is 31.3. The minimum atomic E-state index is -4.32. The van der Waals surface area contributed by atoms with Crippen molar-refractivity contribution < 1.29 is 62.8 Å². The first-order valence-corrected chi connectivity index (χ1v) is 22.6. The van der Waals surface area contributed by atoms with Crippen molar-refractivity contribution in [2.75, 3.05) is 26.5 Å². The number of aliphatic hydroxyl groups excluding tert-OH is 2. The van der Waals surface area contributed by atoms with E-state index in [-0.39, 0.29) is 25.2 Å². The van der Waals surface area contributed by atoms with Crippen LogP contribution in [0.1, 0.15) is 93.9 Å². The summed E-state index contributed by atoms with van der Waals surface area (Å²) in [4.78, 5) is 52.1. The van der Waals surface area contributed by atoms with Gasteiger partial charge >= 0.3 is 15.2 Å². The molecule has 2 amide bonds. The van der Waals surface area contributed by atoms with Crippen LogP contribution in [-0.4, -0.2) is 120 Å². The molecule has 0 saturated carbocycles. The van der Waals surface area contributed by atoms with Crippen molar-refractivity contribution in [1.29, 1.82) is 0 Å². The normalized spacial score (nSPS) is 28.2. The van der Waals surface area contributed by atoms with Crippen LogP contribution in [0.15, 0.2) is 34.9 Å². The number of nitrogens with two attached hydrogens (primary N) is 1. The van der Waals surface area contributed by atoms with Crippen molar-refractivity contribution in [1.82, 2.24) is 10.2 Å². The third-order valence-electron chi connectivity index (χ3n) is 9.28. The SMILES string of the molecule is [2H]N[C@H](C)C(=O)N1C(CCC(=O)C(C)OC2C(O)C(CO)OC(OP(C)(=O)OP(C)(=O)OC/C=C(/C)CC/C=C(\C)CCC=C(C)C)C2NC(C)=O)C(=O)[C@H]1C. The Morgan fingerprint density at radius 3 is 2.22 bits per heavy atom. The molecule has 0 aromatic carbocycles. The summed E-state index contributed by atoms with van der Waals surface area (Å²) in [6.45, 7) is 15.0. The highest BCUT2D eigenvalue weighted by molar-refractivity contribution is 7.66. The van der Waals surface area contributed by atoms with Gasteiger partial charge in [0.05, 0.1) is 31.3 Å². The van der Waals surface area contributed by atoms with Gasteiger partial charge in [-0.05, 0) is 80.6 Å². The first-order valence-electron chi connectivity index (χ1n) is 19.1. The van der Waals surface area contributed by atoms with Gasteiger partial charge < -0.3 is 40.2 Å². The lowest BCUT2D eigenvalue weighted by molar-refractivity contribution is -0.258. The molecular formula is C37H63N3O13P2. The standard InChI is InChI=1S/C37H63N3O13P2/c1-22(2)13-11-14-23(3)15-12-16-24(4)19-20-49-54(9,47)53-55(10,48)52-37-32(39-28(8)42)35(34(45)31(21-41)51-37)50-27(7)30(43)18-17-29-33(44)26(6)40(29)36(46)25(5)38/h13,15,19,25-27,29,31-32,34-35,37,41,45H,11-12,14,16-18,20-21,38H2,1-10H3,(H,39,42)/b23-15+,24-19-/t25-,26-,27?,29?,31?,32?,34?,35?,37?,54?,55?/m1/s1/i/hD. The zero-order valence-electron chi connectivity index (χ0n) is 34.8. The van der Waals surface area contributed by atoms with Gasteiger partial charge in [-0.3, -0.25) is 32.8 Å². The highest BCUT2D eigenvalue weighted by Gasteiger charge is 2.51. The van der Waals surface area contributed by atoms with Crippen molar-refractivity contribution in [3.05, 3.63) is 34.9 Å². The molecule has 314 valence electrons. The Morgan fingerprint density at radius 2 is 1.64 bits per heavy atom. The Morgan fingerprint density at radius 1 is 1.02 bits per heavy atom. The van der Waals surface area contributed by atoms with Gasteiger partial charge in [0.1, 0.15) is 31.9 Å². The Kier molecular flexibility index (Phi) is 18.8. The van der Waals surface area contributed by atoms with Gasteiger partial charge in [-0.2, -0.15) is 0 Å². The molecule has 0 aliphatic carbocycles. The van der Waals surface area contributed by atoms with Crippen LogP contribution in [0.4, 0.5) is 0 Å². The molecule has 2 aliphatic rings. The number of carbonyl (C=O) groups is 4. The maximum Gasteiger partial charge on any atom is 0.337 e. The van der Waals surface area contributed by atoms with Crippen LogP contribution < -0.4 is 11.0 Å². The van der Waals surface area contributed by atoms with Crippen LogP contribution in [-0.2, 0) is 51.1 Å². The number of hydrogen-bond donors (Lipinski definition) is 4. The van der Waals surface area contributed by atoms with Crippen LogP contribution >= 0.6 is 15.2 Å². The molecule has 55 heavy (non-hydrogen) atoms. The number of hydrogen-bond acceptors (Lipinski definition) is 14. The number of Topliss-reactive ketones (excluding diaryl/α,β-unsaturated/α-hetero) is 2. The molecular weight excluding hydrogens is 756 g/mol. The molecule has 18 heteroatoms. The van der Waals surface area contributed by atoms with Crippen molar-refractivity contribution in [3.8, 4) is 0 Å². The monoisotopic (exact) mass is 820 g/mol. The number of ether oxygens (including phenoxy) is 2. The van der Waals surface area contributed by atoms with Gasteiger partial charge in [0.25, 0.3) is 0 Å². The number of amides is 2. The van der Waals surface area contributed by atoms with E-state index < -0.39 is 94.3 Å². The number of rotatable bonds is 23. The second-order valence-electron chi connectivity index (χ2n) is 14.7. The highest BCUT2D eigenvalue weighted by Crippen LogP contribution is 2.62. The van der Waals surface area contributed by atoms with Crippen LogP contribution in [0.3, 0.4) is 0 Å². The quantitative estimate of drug-likeness (QED) is 0.0832. The van der Waals surface area contributed by atoms with E-state index in [1.54, 1.807) is 13.0 Å². The number of carbonyl (C=O) groups excluding carboxylic acids is 4. The summed E-state index contributed by atoms with van der Waals surface area (Å²) in [5.41, 5.74) is 5.68. The van der Waals surface area contributed by atoms with E-state index in [4.69, 9.17) is 24.2 Å².